The Labute approximate surface area is 169 Å². The predicted octanol–water partition coefficient (Wildman–Crippen LogP) is 4.21. The van der Waals surface area contributed by atoms with Crippen LogP contribution in [0.25, 0.3) is 0 Å². The Bertz CT molecular complexity index is 853. The second-order valence-electron chi connectivity index (χ2n) is 6.17. The highest BCUT2D eigenvalue weighted by Crippen LogP contribution is 2.30. The molecule has 0 aliphatic rings. The van der Waals surface area contributed by atoms with E-state index in [9.17, 15) is 9.59 Å². The van der Waals surface area contributed by atoms with Crippen LogP contribution in [0.5, 0.6) is 17.2 Å². The molecule has 0 heterocycles. The number of ketones is 1. The van der Waals surface area contributed by atoms with E-state index in [1.165, 1.54) is 7.11 Å². The molecule has 0 aromatic heterocycles. The Morgan fingerprint density at radius 1 is 0.929 bits per heavy atom. The van der Waals surface area contributed by atoms with Gasteiger partial charge >= 0.3 is 0 Å². The van der Waals surface area contributed by atoms with E-state index >= 15 is 0 Å². The summed E-state index contributed by atoms with van der Waals surface area (Å²) in [6, 6.07) is 10.0. The quantitative estimate of drug-likeness (QED) is 0.632. The smallest absolute Gasteiger partial charge is 0.220 e. The number of hydrogen-bond acceptors (Lipinski definition) is 5. The lowest BCUT2D eigenvalue weighted by atomic mass is 10.0. The van der Waals surface area contributed by atoms with Gasteiger partial charge in [-0.3, -0.25) is 9.59 Å². The van der Waals surface area contributed by atoms with Crippen LogP contribution in [0, 0.1) is 0 Å². The second kappa shape index (κ2) is 9.99. The van der Waals surface area contributed by atoms with Crippen LogP contribution < -0.4 is 19.5 Å². The monoisotopic (exact) mass is 405 g/mol. The Balaban J connectivity index is 1.97. The Hall–Kier alpha value is -2.73. The maximum absolute atomic E-state index is 12.4. The Kier molecular flexibility index (Phi) is 7.70. The van der Waals surface area contributed by atoms with E-state index < -0.39 is 0 Å². The van der Waals surface area contributed by atoms with Crippen molar-refractivity contribution >= 4 is 23.3 Å². The van der Waals surface area contributed by atoms with Gasteiger partial charge in [0.05, 0.1) is 32.9 Å². The van der Waals surface area contributed by atoms with Gasteiger partial charge in [0.25, 0.3) is 0 Å². The molecule has 1 atom stereocenters. The molecule has 0 fully saturated rings. The number of nitrogens with one attached hydrogen (secondary N) is 1. The number of halogens is 1. The number of benzene rings is 2. The fraction of sp³-hybridized carbons (Fsp3) is 0.333. The van der Waals surface area contributed by atoms with Crippen LogP contribution in [-0.4, -0.2) is 33.0 Å². The van der Waals surface area contributed by atoms with Crippen LogP contribution in [-0.2, 0) is 4.79 Å². The zero-order valence-electron chi connectivity index (χ0n) is 16.4. The molecule has 1 amide bonds. The summed E-state index contributed by atoms with van der Waals surface area (Å²) in [5.74, 6) is 1.22. The van der Waals surface area contributed by atoms with Crippen molar-refractivity contribution in [3.8, 4) is 17.2 Å². The molecule has 0 radical (unpaired) electrons. The number of rotatable bonds is 9. The highest BCUT2D eigenvalue weighted by molar-refractivity contribution is 6.31. The zero-order valence-corrected chi connectivity index (χ0v) is 17.1. The van der Waals surface area contributed by atoms with Gasteiger partial charge in [-0.25, -0.2) is 0 Å². The molecule has 0 bridgehead atoms. The first-order valence-corrected chi connectivity index (χ1v) is 9.15. The van der Waals surface area contributed by atoms with Crippen molar-refractivity contribution in [1.82, 2.24) is 5.32 Å². The van der Waals surface area contributed by atoms with E-state index in [1.807, 2.05) is 19.1 Å². The fourth-order valence-corrected chi connectivity index (χ4v) is 2.95. The van der Waals surface area contributed by atoms with E-state index in [0.717, 1.165) is 5.56 Å². The molecule has 2 aromatic carbocycles. The standard InChI is InChI=1S/C21H24ClNO5/c1-13(14-5-8-19(27-3)20(11-14)28-4)23-21(25)10-7-17(24)16-12-15(22)6-9-18(16)26-2/h5-6,8-9,11-13H,7,10H2,1-4H3,(H,23,25). The molecule has 0 saturated carbocycles. The van der Waals surface area contributed by atoms with Crippen LogP contribution in [0.3, 0.4) is 0 Å². The van der Waals surface area contributed by atoms with Crippen molar-refractivity contribution < 1.29 is 23.8 Å². The first-order valence-electron chi connectivity index (χ1n) is 8.77. The van der Waals surface area contributed by atoms with E-state index in [2.05, 4.69) is 5.32 Å². The maximum Gasteiger partial charge on any atom is 0.220 e. The summed E-state index contributed by atoms with van der Waals surface area (Å²) in [5, 5.41) is 3.33. The van der Waals surface area contributed by atoms with Gasteiger partial charge in [-0.15, -0.1) is 0 Å². The third kappa shape index (κ3) is 5.39. The molecule has 0 aliphatic carbocycles. The third-order valence-corrected chi connectivity index (χ3v) is 4.56. The lowest BCUT2D eigenvalue weighted by molar-refractivity contribution is -0.121. The molecule has 0 spiro atoms. The third-order valence-electron chi connectivity index (χ3n) is 4.33. The van der Waals surface area contributed by atoms with Gasteiger partial charge in [-0.05, 0) is 42.8 Å². The predicted molar refractivity (Wildman–Crippen MR) is 108 cm³/mol. The van der Waals surface area contributed by atoms with E-state index in [-0.39, 0.29) is 30.6 Å². The van der Waals surface area contributed by atoms with Gasteiger partial charge in [0.15, 0.2) is 17.3 Å². The molecule has 1 unspecified atom stereocenters. The number of carbonyl (C=O) groups excluding carboxylic acids is 2. The van der Waals surface area contributed by atoms with Crippen molar-refractivity contribution in [2.75, 3.05) is 21.3 Å². The van der Waals surface area contributed by atoms with Crippen LogP contribution in [0.15, 0.2) is 36.4 Å². The molecule has 28 heavy (non-hydrogen) atoms. The van der Waals surface area contributed by atoms with Crippen molar-refractivity contribution in [3.63, 3.8) is 0 Å². The van der Waals surface area contributed by atoms with E-state index in [1.54, 1.807) is 38.5 Å². The molecule has 0 saturated heterocycles. The van der Waals surface area contributed by atoms with Crippen molar-refractivity contribution in [2.45, 2.75) is 25.8 Å². The summed E-state index contributed by atoms with van der Waals surface area (Å²) in [6.45, 7) is 1.86. The molecule has 2 aromatic rings. The summed E-state index contributed by atoms with van der Waals surface area (Å²) in [4.78, 5) is 24.7. The maximum atomic E-state index is 12.4. The van der Waals surface area contributed by atoms with Gasteiger partial charge in [-0.1, -0.05) is 17.7 Å². The highest BCUT2D eigenvalue weighted by Gasteiger charge is 2.17. The Morgan fingerprint density at radius 2 is 1.57 bits per heavy atom. The molecule has 2 rings (SSSR count). The van der Waals surface area contributed by atoms with Crippen LogP contribution in [0.2, 0.25) is 5.02 Å². The van der Waals surface area contributed by atoms with Crippen LogP contribution >= 0.6 is 11.6 Å². The average molecular weight is 406 g/mol. The fourth-order valence-electron chi connectivity index (χ4n) is 2.78. The first-order chi connectivity index (χ1) is 13.4. The lowest BCUT2D eigenvalue weighted by Gasteiger charge is -2.16. The topological polar surface area (TPSA) is 73.9 Å². The van der Waals surface area contributed by atoms with Gasteiger partial charge in [0.1, 0.15) is 5.75 Å². The second-order valence-corrected chi connectivity index (χ2v) is 6.61. The van der Waals surface area contributed by atoms with Crippen molar-refractivity contribution in [2.24, 2.45) is 0 Å². The molecule has 150 valence electrons. The Morgan fingerprint density at radius 3 is 2.21 bits per heavy atom. The number of ether oxygens (including phenoxy) is 3. The summed E-state index contributed by atoms with van der Waals surface area (Å²) < 4.78 is 15.7. The van der Waals surface area contributed by atoms with E-state index in [4.69, 9.17) is 25.8 Å². The summed E-state index contributed by atoms with van der Waals surface area (Å²) >= 11 is 5.96. The minimum Gasteiger partial charge on any atom is -0.496 e. The highest BCUT2D eigenvalue weighted by atomic mass is 35.5. The number of amides is 1. The van der Waals surface area contributed by atoms with Crippen molar-refractivity contribution in [3.05, 3.63) is 52.5 Å². The minimum atomic E-state index is -0.247. The van der Waals surface area contributed by atoms with Gasteiger partial charge in [0.2, 0.25) is 5.91 Å². The van der Waals surface area contributed by atoms with E-state index in [0.29, 0.717) is 27.8 Å². The molecule has 1 N–H and O–H groups in total. The number of Topliss-reactive ketones (excluding diaryl/α,β-unsaturated/α-hetero) is 1. The SMILES string of the molecule is COc1ccc(C(C)NC(=O)CCC(=O)c2cc(Cl)ccc2OC)cc1OC. The van der Waals surface area contributed by atoms with Gasteiger partial charge in [-0.2, -0.15) is 0 Å². The summed E-state index contributed by atoms with van der Waals surface area (Å²) in [6.07, 6.45) is 0.118. The van der Waals surface area contributed by atoms with Gasteiger partial charge < -0.3 is 19.5 Å². The van der Waals surface area contributed by atoms with Crippen LogP contribution in [0.1, 0.15) is 41.7 Å². The normalized spacial score (nSPS) is 11.5. The minimum absolute atomic E-state index is 0.0567. The molecule has 6 nitrogen and oxygen atoms in total. The lowest BCUT2D eigenvalue weighted by Crippen LogP contribution is -2.27. The molecular formula is C21H24ClNO5. The van der Waals surface area contributed by atoms with Crippen molar-refractivity contribution in [1.29, 1.82) is 0 Å². The zero-order chi connectivity index (χ0) is 20.7. The number of methoxy groups -OCH3 is 3. The van der Waals surface area contributed by atoms with Crippen LogP contribution in [0.4, 0.5) is 0 Å². The number of hydrogen-bond donors (Lipinski definition) is 1. The first kappa shape index (κ1) is 21.6. The molecule has 0 aliphatic heterocycles. The van der Waals surface area contributed by atoms with Gasteiger partial charge in [0, 0.05) is 17.9 Å². The number of carbonyl (C=O) groups is 2. The largest absolute Gasteiger partial charge is 0.496 e. The molecule has 7 heteroatoms. The summed E-state index contributed by atoms with van der Waals surface area (Å²) in [7, 11) is 4.60. The molecular weight excluding hydrogens is 382 g/mol. The average Bonchev–Trinajstić information content (AvgIpc) is 2.71. The summed E-state index contributed by atoms with van der Waals surface area (Å²) in [5.41, 5.74) is 1.24.